The Morgan fingerprint density at radius 3 is 2.61 bits per heavy atom. The summed E-state index contributed by atoms with van der Waals surface area (Å²) < 4.78 is 1.80. The van der Waals surface area contributed by atoms with Crippen LogP contribution < -0.4 is 5.32 Å². The van der Waals surface area contributed by atoms with Gasteiger partial charge in [-0.05, 0) is 44.8 Å². The van der Waals surface area contributed by atoms with Crippen LogP contribution in [-0.2, 0) is 11.3 Å². The van der Waals surface area contributed by atoms with Crippen molar-refractivity contribution in [3.05, 3.63) is 42.1 Å². The number of nitrogens with one attached hydrogen (secondary N) is 1. The predicted octanol–water partition coefficient (Wildman–Crippen LogP) is 3.26. The van der Waals surface area contributed by atoms with E-state index >= 15 is 0 Å². The number of carbonyl (C=O) groups excluding carboxylic acids is 1. The molecular weight excluding hydrogens is 308 g/mol. The Morgan fingerprint density at radius 1 is 1.30 bits per heavy atom. The molecule has 0 fully saturated rings. The zero-order chi connectivity index (χ0) is 16.8. The van der Waals surface area contributed by atoms with Gasteiger partial charge >= 0.3 is 0 Å². The summed E-state index contributed by atoms with van der Waals surface area (Å²) in [5.41, 5.74) is 1.20. The predicted molar refractivity (Wildman–Crippen MR) is 95.8 cm³/mol. The first-order valence-corrected chi connectivity index (χ1v) is 8.87. The van der Waals surface area contributed by atoms with Crippen molar-refractivity contribution >= 4 is 23.5 Å². The third-order valence-corrected chi connectivity index (χ3v) is 4.20. The molecule has 1 aromatic carbocycles. The Kier molecular flexibility index (Phi) is 6.24. The van der Waals surface area contributed by atoms with E-state index in [0.717, 1.165) is 12.4 Å². The van der Waals surface area contributed by atoms with Gasteiger partial charge in [-0.3, -0.25) is 9.69 Å². The molecule has 23 heavy (non-hydrogen) atoms. The van der Waals surface area contributed by atoms with Crippen molar-refractivity contribution in [2.75, 3.05) is 25.2 Å². The third kappa shape index (κ3) is 5.11. The lowest BCUT2D eigenvalue weighted by Gasteiger charge is -2.17. The summed E-state index contributed by atoms with van der Waals surface area (Å²) in [7, 11) is 1.95. The molecular formula is C17H24N4OS. The number of anilines is 1. The number of aromatic nitrogens is 2. The largest absolute Gasteiger partial charge is 0.310 e. The van der Waals surface area contributed by atoms with Crippen molar-refractivity contribution in [1.29, 1.82) is 0 Å². The van der Waals surface area contributed by atoms with Gasteiger partial charge in [0.2, 0.25) is 5.91 Å². The first kappa shape index (κ1) is 17.6. The van der Waals surface area contributed by atoms with Gasteiger partial charge in [-0.25, -0.2) is 4.68 Å². The lowest BCUT2D eigenvalue weighted by atomic mass is 10.2. The molecule has 124 valence electrons. The molecule has 0 saturated heterocycles. The normalized spacial score (nSPS) is 11.2. The van der Waals surface area contributed by atoms with Crippen LogP contribution in [0.3, 0.4) is 0 Å². The summed E-state index contributed by atoms with van der Waals surface area (Å²) in [5, 5.41) is 7.14. The molecule has 6 heteroatoms. The molecule has 0 saturated carbocycles. The van der Waals surface area contributed by atoms with Crippen LogP contribution in [0.4, 0.5) is 5.82 Å². The minimum absolute atomic E-state index is 0.0318. The number of thioether (sulfide) groups is 1. The van der Waals surface area contributed by atoms with Gasteiger partial charge in [-0.2, -0.15) is 5.10 Å². The number of carbonyl (C=O) groups is 1. The van der Waals surface area contributed by atoms with Crippen molar-refractivity contribution < 1.29 is 4.79 Å². The molecule has 1 heterocycles. The highest BCUT2D eigenvalue weighted by Crippen LogP contribution is 2.16. The first-order chi connectivity index (χ1) is 11.0. The highest BCUT2D eigenvalue weighted by Gasteiger charge is 2.11. The van der Waals surface area contributed by atoms with E-state index in [9.17, 15) is 4.79 Å². The summed E-state index contributed by atoms with van der Waals surface area (Å²) in [4.78, 5) is 15.4. The highest BCUT2D eigenvalue weighted by atomic mass is 32.2. The molecule has 0 atom stereocenters. The minimum Gasteiger partial charge on any atom is -0.310 e. The average Bonchev–Trinajstić information content (AvgIpc) is 2.96. The summed E-state index contributed by atoms with van der Waals surface area (Å²) in [6, 6.07) is 10.5. The zero-order valence-corrected chi connectivity index (χ0v) is 14.9. The van der Waals surface area contributed by atoms with Gasteiger partial charge in [0.25, 0.3) is 0 Å². The molecule has 0 bridgehead atoms. The number of likely N-dealkylation sites (N-methyl/N-ethyl adjacent to an activating group) is 1. The number of hydrogen-bond acceptors (Lipinski definition) is 4. The van der Waals surface area contributed by atoms with Crippen LogP contribution in [0.1, 0.15) is 25.5 Å². The lowest BCUT2D eigenvalue weighted by Crippen LogP contribution is -2.30. The first-order valence-electron chi connectivity index (χ1n) is 7.64. The molecule has 1 amide bonds. The number of rotatable bonds is 7. The second-order valence-electron chi connectivity index (χ2n) is 5.82. The van der Waals surface area contributed by atoms with Gasteiger partial charge in [-0.1, -0.05) is 12.1 Å². The average molecular weight is 332 g/mol. The lowest BCUT2D eigenvalue weighted by molar-refractivity contribution is -0.117. The van der Waals surface area contributed by atoms with Crippen LogP contribution in [0.25, 0.3) is 0 Å². The van der Waals surface area contributed by atoms with Gasteiger partial charge in [0.05, 0.1) is 12.7 Å². The van der Waals surface area contributed by atoms with E-state index in [1.807, 2.05) is 31.9 Å². The van der Waals surface area contributed by atoms with E-state index in [4.69, 9.17) is 0 Å². The fraction of sp³-hybridized carbons (Fsp3) is 0.412. The van der Waals surface area contributed by atoms with Crippen LogP contribution in [0.2, 0.25) is 0 Å². The van der Waals surface area contributed by atoms with E-state index in [1.165, 1.54) is 10.5 Å². The molecule has 0 aliphatic carbocycles. The second-order valence-corrected chi connectivity index (χ2v) is 6.70. The maximum atomic E-state index is 12.2. The molecule has 0 aliphatic heterocycles. The maximum absolute atomic E-state index is 12.2. The van der Waals surface area contributed by atoms with Gasteiger partial charge in [0, 0.05) is 23.5 Å². The minimum atomic E-state index is -0.0318. The number of amides is 1. The van der Waals surface area contributed by atoms with Crippen LogP contribution >= 0.6 is 11.8 Å². The summed E-state index contributed by atoms with van der Waals surface area (Å²) in [6.07, 6.45) is 3.76. The zero-order valence-electron chi connectivity index (χ0n) is 14.1. The van der Waals surface area contributed by atoms with Crippen molar-refractivity contribution in [1.82, 2.24) is 14.7 Å². The van der Waals surface area contributed by atoms with Crippen LogP contribution in [0, 0.1) is 0 Å². The van der Waals surface area contributed by atoms with E-state index in [0.29, 0.717) is 6.54 Å². The molecule has 0 radical (unpaired) electrons. The number of hydrogen-bond donors (Lipinski definition) is 1. The summed E-state index contributed by atoms with van der Waals surface area (Å²) >= 11 is 1.73. The summed E-state index contributed by atoms with van der Waals surface area (Å²) in [5.74, 6) is 0.707. The fourth-order valence-electron chi connectivity index (χ4n) is 2.35. The standard InChI is InChI=1S/C17H24N4OS/c1-13(2)21-16(9-10-18-21)19-17(22)12-20(3)11-14-5-7-15(23-4)8-6-14/h5-10,13H,11-12H2,1-4H3,(H,19,22). The molecule has 2 aromatic rings. The second kappa shape index (κ2) is 8.17. The Balaban J connectivity index is 1.87. The van der Waals surface area contributed by atoms with E-state index in [1.54, 1.807) is 22.6 Å². The van der Waals surface area contributed by atoms with Gasteiger partial charge in [-0.15, -0.1) is 11.8 Å². The van der Waals surface area contributed by atoms with Gasteiger partial charge in [0.15, 0.2) is 0 Å². The van der Waals surface area contributed by atoms with E-state index in [-0.39, 0.29) is 11.9 Å². The smallest absolute Gasteiger partial charge is 0.239 e. The van der Waals surface area contributed by atoms with Crippen molar-refractivity contribution in [3.8, 4) is 0 Å². The molecule has 2 rings (SSSR count). The molecule has 5 nitrogen and oxygen atoms in total. The highest BCUT2D eigenvalue weighted by molar-refractivity contribution is 7.98. The van der Waals surface area contributed by atoms with Crippen LogP contribution in [-0.4, -0.2) is 40.4 Å². The number of benzene rings is 1. The van der Waals surface area contributed by atoms with Crippen LogP contribution in [0.5, 0.6) is 0 Å². The Morgan fingerprint density at radius 2 is 2.00 bits per heavy atom. The molecule has 0 aliphatic rings. The quantitative estimate of drug-likeness (QED) is 0.791. The Labute approximate surface area is 142 Å². The molecule has 1 N–H and O–H groups in total. The maximum Gasteiger partial charge on any atom is 0.239 e. The molecule has 0 unspecified atom stereocenters. The molecule has 1 aromatic heterocycles. The van der Waals surface area contributed by atoms with E-state index < -0.39 is 0 Å². The Hall–Kier alpha value is -1.79. The molecule has 0 spiro atoms. The topological polar surface area (TPSA) is 50.2 Å². The third-order valence-electron chi connectivity index (χ3n) is 3.45. The summed E-state index contributed by atoms with van der Waals surface area (Å²) in [6.45, 7) is 5.15. The van der Waals surface area contributed by atoms with Crippen molar-refractivity contribution in [3.63, 3.8) is 0 Å². The Bertz CT molecular complexity index is 636. The van der Waals surface area contributed by atoms with Gasteiger partial charge in [0.1, 0.15) is 5.82 Å². The van der Waals surface area contributed by atoms with Crippen LogP contribution in [0.15, 0.2) is 41.4 Å². The van der Waals surface area contributed by atoms with Gasteiger partial charge < -0.3 is 5.32 Å². The monoisotopic (exact) mass is 332 g/mol. The SMILES string of the molecule is CSc1ccc(CN(C)CC(=O)Nc2ccnn2C(C)C)cc1. The van der Waals surface area contributed by atoms with Crippen molar-refractivity contribution in [2.45, 2.75) is 31.3 Å². The number of nitrogens with zero attached hydrogens (tertiary/aromatic N) is 3. The van der Waals surface area contributed by atoms with E-state index in [2.05, 4.69) is 40.9 Å². The van der Waals surface area contributed by atoms with Crippen molar-refractivity contribution in [2.24, 2.45) is 0 Å². The fourth-order valence-corrected chi connectivity index (χ4v) is 2.76.